The van der Waals surface area contributed by atoms with E-state index < -0.39 is 0 Å². The van der Waals surface area contributed by atoms with Gasteiger partial charge in [-0.1, -0.05) is 166 Å². The number of fused-ring (bicyclic) bond motifs is 13. The second-order valence-corrected chi connectivity index (χ2v) is 18.1. The molecule has 0 N–H and O–H groups in total. The number of hydrogen-bond acceptors (Lipinski definition) is 2. The molecule has 0 unspecified atom stereocenters. The summed E-state index contributed by atoms with van der Waals surface area (Å²) in [6, 6.07) is 72.5. The number of anilines is 6. The van der Waals surface area contributed by atoms with Gasteiger partial charge in [-0.3, -0.25) is 0 Å². The van der Waals surface area contributed by atoms with E-state index in [9.17, 15) is 0 Å². The van der Waals surface area contributed by atoms with Gasteiger partial charge in [0.15, 0.2) is 0 Å². The molecule has 0 radical (unpaired) electrons. The summed E-state index contributed by atoms with van der Waals surface area (Å²) >= 11 is 0. The number of hydrogen-bond donors (Lipinski definition) is 0. The van der Waals surface area contributed by atoms with E-state index in [0.29, 0.717) is 0 Å². The molecule has 0 saturated heterocycles. The van der Waals surface area contributed by atoms with Crippen LogP contribution in [0.2, 0.25) is 0 Å². The molecule has 1 aliphatic carbocycles. The molecule has 63 heavy (non-hydrogen) atoms. The molecule has 2 aliphatic heterocycles. The molecule has 0 spiro atoms. The van der Waals surface area contributed by atoms with Gasteiger partial charge in [0.05, 0.1) is 0 Å². The zero-order valence-corrected chi connectivity index (χ0v) is 35.4. The molecule has 10 aromatic rings. The summed E-state index contributed by atoms with van der Waals surface area (Å²) in [4.78, 5) is 4.91. The molecule has 0 atom stereocenters. The second kappa shape index (κ2) is 13.7. The molecular formula is C61H44N2. The van der Waals surface area contributed by atoms with Crippen molar-refractivity contribution in [2.75, 3.05) is 9.80 Å². The zero-order valence-electron chi connectivity index (χ0n) is 35.4. The highest BCUT2D eigenvalue weighted by atomic mass is 15.2. The molecular weight excluding hydrogens is 761 g/mol. The molecule has 2 heteroatoms. The Morgan fingerprint density at radius 3 is 1.29 bits per heavy atom. The van der Waals surface area contributed by atoms with E-state index in [1.165, 1.54) is 122 Å². The van der Waals surface area contributed by atoms with E-state index in [-0.39, 0.29) is 5.41 Å². The molecule has 13 rings (SSSR count). The van der Waals surface area contributed by atoms with Crippen LogP contribution in [-0.4, -0.2) is 0 Å². The Bertz CT molecular complexity index is 3460. The van der Waals surface area contributed by atoms with E-state index in [1.807, 2.05) is 0 Å². The summed E-state index contributed by atoms with van der Waals surface area (Å²) in [5, 5.41) is 7.66. The van der Waals surface area contributed by atoms with Crippen molar-refractivity contribution in [3.63, 3.8) is 0 Å². The molecule has 2 nitrogen and oxygen atoms in total. The molecule has 3 aliphatic rings. The summed E-state index contributed by atoms with van der Waals surface area (Å²) in [5.41, 5.74) is 20.6. The lowest BCUT2D eigenvalue weighted by molar-refractivity contribution is 0.660. The molecule has 0 aromatic heterocycles. The zero-order chi connectivity index (χ0) is 41.8. The van der Waals surface area contributed by atoms with Crippen LogP contribution < -0.4 is 9.80 Å². The van der Waals surface area contributed by atoms with Gasteiger partial charge in [0, 0.05) is 52.4 Å². The Kier molecular flexibility index (Phi) is 7.81. The fourth-order valence-electron chi connectivity index (χ4n) is 11.1. The highest BCUT2D eigenvalue weighted by molar-refractivity contribution is 6.26. The number of rotatable bonds is 4. The Hall–Kier alpha value is -7.68. The lowest BCUT2D eigenvalue weighted by Crippen LogP contribution is -2.20. The van der Waals surface area contributed by atoms with Gasteiger partial charge in [-0.25, -0.2) is 0 Å². The summed E-state index contributed by atoms with van der Waals surface area (Å²) in [7, 11) is 0. The van der Waals surface area contributed by atoms with Crippen molar-refractivity contribution in [1.82, 2.24) is 0 Å². The lowest BCUT2D eigenvalue weighted by Gasteiger charge is -2.34. The van der Waals surface area contributed by atoms with Gasteiger partial charge >= 0.3 is 0 Å². The smallest absolute Gasteiger partial charge is 0.0497 e. The summed E-state index contributed by atoms with van der Waals surface area (Å²) in [6.45, 7) is 4.78. The Morgan fingerprint density at radius 2 is 0.730 bits per heavy atom. The highest BCUT2D eigenvalue weighted by Gasteiger charge is 2.37. The highest BCUT2D eigenvalue weighted by Crippen LogP contribution is 2.52. The fourth-order valence-corrected chi connectivity index (χ4v) is 11.1. The summed E-state index contributed by atoms with van der Waals surface area (Å²) < 4.78 is 0. The van der Waals surface area contributed by atoms with Crippen LogP contribution in [0.1, 0.15) is 58.4 Å². The molecule has 0 saturated carbocycles. The molecule has 2 heterocycles. The van der Waals surface area contributed by atoms with E-state index in [1.54, 1.807) is 0 Å². The van der Waals surface area contributed by atoms with Crippen molar-refractivity contribution in [2.45, 2.75) is 32.1 Å². The van der Waals surface area contributed by atoms with Gasteiger partial charge < -0.3 is 9.80 Å². The average molecular weight is 805 g/mol. The topological polar surface area (TPSA) is 6.48 Å². The Labute approximate surface area is 368 Å². The normalized spacial score (nSPS) is 14.4. The first kappa shape index (κ1) is 36.0. The van der Waals surface area contributed by atoms with Crippen LogP contribution in [0, 0.1) is 0 Å². The maximum atomic E-state index is 2.46. The largest absolute Gasteiger partial charge is 0.310 e. The molecule has 0 amide bonds. The Balaban J connectivity index is 0.849. The third-order valence-electron chi connectivity index (χ3n) is 14.2. The minimum absolute atomic E-state index is 0.150. The average Bonchev–Trinajstić information content (AvgIpc) is 3.56. The van der Waals surface area contributed by atoms with E-state index in [2.05, 4.69) is 230 Å². The van der Waals surface area contributed by atoms with Gasteiger partial charge in [-0.15, -0.1) is 0 Å². The standard InChI is InChI=1S/C61H44N2/c1-61(2)55-34-40(26-30-51(55)52-32-28-46(38-56(52)61)63-59-21-11-5-15-43(59)36-44-16-6-12-22-60(44)63)24-23-39-25-29-49-50-31-27-45(37-54(50)48-18-8-7-17-47(48)53(49)33-39)62-57-19-9-3-13-41(57)35-42-14-4-10-20-58(42)62/h3-34,37-38H,35-36H2,1-2H3/b24-23+. The van der Waals surface area contributed by atoms with Crippen LogP contribution in [0.4, 0.5) is 34.1 Å². The summed E-state index contributed by atoms with van der Waals surface area (Å²) in [6.07, 6.45) is 6.48. The van der Waals surface area contributed by atoms with Gasteiger partial charge in [0.25, 0.3) is 0 Å². The first-order valence-electron chi connectivity index (χ1n) is 22.3. The lowest BCUT2D eigenvalue weighted by atomic mass is 9.81. The predicted octanol–water partition coefficient (Wildman–Crippen LogP) is 16.4. The maximum Gasteiger partial charge on any atom is 0.0497 e. The molecule has 0 fully saturated rings. The van der Waals surface area contributed by atoms with Crippen LogP contribution in [0.3, 0.4) is 0 Å². The first-order chi connectivity index (χ1) is 31.0. The van der Waals surface area contributed by atoms with Crippen molar-refractivity contribution in [3.05, 3.63) is 239 Å². The van der Waals surface area contributed by atoms with E-state index in [0.717, 1.165) is 12.8 Å². The van der Waals surface area contributed by atoms with E-state index >= 15 is 0 Å². The van der Waals surface area contributed by atoms with Gasteiger partial charge in [-0.05, 0) is 143 Å². The minimum atomic E-state index is -0.150. The van der Waals surface area contributed by atoms with Crippen molar-refractivity contribution in [2.24, 2.45) is 0 Å². The van der Waals surface area contributed by atoms with Crippen molar-refractivity contribution in [3.8, 4) is 11.1 Å². The van der Waals surface area contributed by atoms with Crippen LogP contribution in [-0.2, 0) is 18.3 Å². The minimum Gasteiger partial charge on any atom is -0.310 e. The second-order valence-electron chi connectivity index (χ2n) is 18.1. The maximum absolute atomic E-state index is 2.46. The fraction of sp³-hybridized carbons (Fsp3) is 0.0820. The number of para-hydroxylation sites is 4. The molecule has 0 bridgehead atoms. The van der Waals surface area contributed by atoms with Gasteiger partial charge in [0.2, 0.25) is 0 Å². The number of nitrogens with zero attached hydrogens (tertiary/aromatic N) is 2. The third kappa shape index (κ3) is 5.51. The van der Waals surface area contributed by atoms with E-state index in [4.69, 9.17) is 0 Å². The monoisotopic (exact) mass is 804 g/mol. The Morgan fingerprint density at radius 1 is 0.349 bits per heavy atom. The SMILES string of the molecule is CC1(C)c2cc(/C=C/c3ccc4c5ccc(N6c7ccccc7Cc7ccccc76)cc5c5ccccc5c4c3)ccc2-c2ccc(N3c4ccccc4Cc4ccccc43)cc21. The molecule has 10 aromatic carbocycles. The first-order valence-corrected chi connectivity index (χ1v) is 22.3. The van der Waals surface area contributed by atoms with Crippen LogP contribution in [0.15, 0.2) is 194 Å². The quantitative estimate of drug-likeness (QED) is 0.129. The summed E-state index contributed by atoms with van der Waals surface area (Å²) in [5.74, 6) is 0. The van der Waals surface area contributed by atoms with Crippen molar-refractivity contribution in [1.29, 1.82) is 0 Å². The third-order valence-corrected chi connectivity index (χ3v) is 14.2. The van der Waals surface area contributed by atoms with Crippen molar-refractivity contribution < 1.29 is 0 Å². The number of benzene rings is 10. The van der Waals surface area contributed by atoms with Crippen LogP contribution in [0.5, 0.6) is 0 Å². The van der Waals surface area contributed by atoms with Gasteiger partial charge in [0.1, 0.15) is 0 Å². The van der Waals surface area contributed by atoms with Crippen LogP contribution in [0.25, 0.3) is 55.6 Å². The molecule has 298 valence electrons. The predicted molar refractivity (Wildman–Crippen MR) is 267 cm³/mol. The van der Waals surface area contributed by atoms with Crippen LogP contribution >= 0.6 is 0 Å². The van der Waals surface area contributed by atoms with Crippen molar-refractivity contribution >= 4 is 78.6 Å². The van der Waals surface area contributed by atoms with Gasteiger partial charge in [-0.2, -0.15) is 0 Å².